The van der Waals surface area contributed by atoms with E-state index in [4.69, 9.17) is 0 Å². The number of hydrogen-bond acceptors (Lipinski definition) is 5. The SMILES string of the molecule is CC(C)c1ccc2nc(NC(=O)c3ccc(S(=O)(=O)N4CCCC[C@@H]4C)cc3)sc2c1. The van der Waals surface area contributed by atoms with Gasteiger partial charge in [0.2, 0.25) is 10.0 Å². The lowest BCUT2D eigenvalue weighted by Gasteiger charge is -2.32. The number of carbonyl (C=O) groups is 1. The van der Waals surface area contributed by atoms with Crippen LogP contribution in [0.4, 0.5) is 5.13 Å². The zero-order valence-corrected chi connectivity index (χ0v) is 19.6. The minimum absolute atomic E-state index is 0.00280. The molecule has 0 radical (unpaired) electrons. The Labute approximate surface area is 187 Å². The Morgan fingerprint density at radius 2 is 1.90 bits per heavy atom. The molecule has 8 heteroatoms. The van der Waals surface area contributed by atoms with Crippen LogP contribution in [0.3, 0.4) is 0 Å². The largest absolute Gasteiger partial charge is 0.298 e. The molecule has 0 aliphatic carbocycles. The van der Waals surface area contributed by atoms with E-state index in [1.54, 1.807) is 16.4 Å². The Bertz CT molecular complexity index is 1200. The molecular formula is C23H27N3O3S2. The van der Waals surface area contributed by atoms with Crippen LogP contribution in [0.2, 0.25) is 0 Å². The smallest absolute Gasteiger partial charge is 0.257 e. The molecule has 1 aliphatic heterocycles. The van der Waals surface area contributed by atoms with Gasteiger partial charge in [-0.15, -0.1) is 0 Å². The standard InChI is InChI=1S/C23H27N3O3S2/c1-15(2)18-9-12-20-21(14-18)30-23(24-20)25-22(27)17-7-10-19(11-8-17)31(28,29)26-13-5-4-6-16(26)3/h7-12,14-16H,4-6,13H2,1-3H3,(H,24,25,27)/t16-/m0/s1. The summed E-state index contributed by atoms with van der Waals surface area (Å²) in [7, 11) is -3.55. The van der Waals surface area contributed by atoms with Crippen LogP contribution in [-0.2, 0) is 10.0 Å². The van der Waals surface area contributed by atoms with Gasteiger partial charge in [0.1, 0.15) is 0 Å². The molecule has 1 aliphatic rings. The highest BCUT2D eigenvalue weighted by Gasteiger charge is 2.30. The van der Waals surface area contributed by atoms with Crippen molar-refractivity contribution < 1.29 is 13.2 Å². The summed E-state index contributed by atoms with van der Waals surface area (Å²) in [5.41, 5.74) is 2.48. The van der Waals surface area contributed by atoms with Gasteiger partial charge < -0.3 is 0 Å². The maximum atomic E-state index is 13.0. The average molecular weight is 458 g/mol. The average Bonchev–Trinajstić information content (AvgIpc) is 3.15. The van der Waals surface area contributed by atoms with Crippen molar-refractivity contribution in [1.29, 1.82) is 0 Å². The van der Waals surface area contributed by atoms with Crippen molar-refractivity contribution in [3.8, 4) is 0 Å². The zero-order valence-electron chi connectivity index (χ0n) is 18.0. The van der Waals surface area contributed by atoms with Crippen LogP contribution in [-0.4, -0.2) is 36.2 Å². The van der Waals surface area contributed by atoms with Crippen molar-refractivity contribution in [1.82, 2.24) is 9.29 Å². The van der Waals surface area contributed by atoms with Crippen LogP contribution >= 0.6 is 11.3 Å². The number of piperidine rings is 1. The van der Waals surface area contributed by atoms with Gasteiger partial charge in [-0.05, 0) is 67.6 Å². The normalized spacial score (nSPS) is 17.9. The van der Waals surface area contributed by atoms with Crippen LogP contribution in [0.25, 0.3) is 10.2 Å². The number of fused-ring (bicyclic) bond motifs is 1. The molecule has 2 heterocycles. The Balaban J connectivity index is 1.50. The summed E-state index contributed by atoms with van der Waals surface area (Å²) in [4.78, 5) is 17.4. The van der Waals surface area contributed by atoms with E-state index in [0.717, 1.165) is 29.5 Å². The first-order chi connectivity index (χ1) is 14.8. The fraction of sp³-hybridized carbons (Fsp3) is 0.391. The first-order valence-electron chi connectivity index (χ1n) is 10.6. The van der Waals surface area contributed by atoms with Crippen LogP contribution < -0.4 is 5.32 Å². The van der Waals surface area contributed by atoms with Gasteiger partial charge >= 0.3 is 0 Å². The summed E-state index contributed by atoms with van der Waals surface area (Å²) in [6.45, 7) is 6.77. The van der Waals surface area contributed by atoms with Gasteiger partial charge in [0.25, 0.3) is 5.91 Å². The van der Waals surface area contributed by atoms with Crippen LogP contribution in [0.15, 0.2) is 47.4 Å². The fourth-order valence-electron chi connectivity index (χ4n) is 3.87. The minimum atomic E-state index is -3.55. The van der Waals surface area contributed by atoms with Crippen LogP contribution in [0, 0.1) is 0 Å². The Morgan fingerprint density at radius 3 is 2.58 bits per heavy atom. The number of amides is 1. The second-order valence-corrected chi connectivity index (χ2v) is 11.3. The van der Waals surface area contributed by atoms with E-state index in [9.17, 15) is 13.2 Å². The lowest BCUT2D eigenvalue weighted by atomic mass is 10.0. The van der Waals surface area contributed by atoms with Gasteiger partial charge in [0.15, 0.2) is 5.13 Å². The minimum Gasteiger partial charge on any atom is -0.298 e. The molecule has 1 N–H and O–H groups in total. The van der Waals surface area contributed by atoms with E-state index in [2.05, 4.69) is 36.3 Å². The molecule has 1 amide bonds. The number of thiazole rings is 1. The second-order valence-electron chi connectivity index (χ2n) is 8.34. The summed E-state index contributed by atoms with van der Waals surface area (Å²) in [6.07, 6.45) is 2.81. The van der Waals surface area contributed by atoms with Gasteiger partial charge in [-0.3, -0.25) is 10.1 Å². The molecule has 3 aromatic rings. The second kappa shape index (κ2) is 8.68. The molecule has 0 bridgehead atoms. The summed E-state index contributed by atoms with van der Waals surface area (Å²) < 4.78 is 28.5. The number of anilines is 1. The topological polar surface area (TPSA) is 79.4 Å². The first-order valence-corrected chi connectivity index (χ1v) is 12.8. The molecule has 1 fully saturated rings. The number of hydrogen-bond donors (Lipinski definition) is 1. The molecule has 31 heavy (non-hydrogen) atoms. The Kier molecular flexibility index (Phi) is 6.14. The highest BCUT2D eigenvalue weighted by atomic mass is 32.2. The Morgan fingerprint density at radius 1 is 1.16 bits per heavy atom. The van der Waals surface area contributed by atoms with Crippen molar-refractivity contribution in [2.24, 2.45) is 0 Å². The van der Waals surface area contributed by atoms with Crippen molar-refractivity contribution >= 4 is 42.6 Å². The number of benzene rings is 2. The fourth-order valence-corrected chi connectivity index (χ4v) is 6.47. The molecule has 2 aromatic carbocycles. The van der Waals surface area contributed by atoms with E-state index in [1.807, 2.05) is 13.0 Å². The molecular weight excluding hydrogens is 430 g/mol. The number of sulfonamides is 1. The van der Waals surface area contributed by atoms with E-state index in [-0.39, 0.29) is 16.8 Å². The predicted octanol–water partition coefficient (Wildman–Crippen LogP) is 5.24. The van der Waals surface area contributed by atoms with Gasteiger partial charge in [-0.2, -0.15) is 4.31 Å². The molecule has 1 saturated heterocycles. The molecule has 0 unspecified atom stereocenters. The monoisotopic (exact) mass is 457 g/mol. The number of nitrogens with one attached hydrogen (secondary N) is 1. The van der Waals surface area contributed by atoms with E-state index >= 15 is 0 Å². The number of aromatic nitrogens is 1. The maximum absolute atomic E-state index is 13.0. The highest BCUT2D eigenvalue weighted by molar-refractivity contribution is 7.89. The van der Waals surface area contributed by atoms with Crippen molar-refractivity contribution in [2.75, 3.05) is 11.9 Å². The number of nitrogens with zero attached hydrogens (tertiary/aromatic N) is 2. The molecule has 1 aromatic heterocycles. The zero-order chi connectivity index (χ0) is 22.2. The van der Waals surface area contributed by atoms with Gasteiger partial charge in [0.05, 0.1) is 15.1 Å². The molecule has 1 atom stereocenters. The van der Waals surface area contributed by atoms with Crippen molar-refractivity contribution in [2.45, 2.75) is 56.9 Å². The van der Waals surface area contributed by atoms with Gasteiger partial charge in [0, 0.05) is 18.2 Å². The van der Waals surface area contributed by atoms with Crippen molar-refractivity contribution in [3.05, 3.63) is 53.6 Å². The van der Waals surface area contributed by atoms with E-state index < -0.39 is 10.0 Å². The quantitative estimate of drug-likeness (QED) is 0.569. The lowest BCUT2D eigenvalue weighted by Crippen LogP contribution is -2.41. The third-order valence-electron chi connectivity index (χ3n) is 5.76. The number of rotatable bonds is 5. The number of carbonyl (C=O) groups excluding carboxylic acids is 1. The molecule has 0 saturated carbocycles. The van der Waals surface area contributed by atoms with Gasteiger partial charge in [-0.25, -0.2) is 13.4 Å². The van der Waals surface area contributed by atoms with Crippen molar-refractivity contribution in [3.63, 3.8) is 0 Å². The summed E-state index contributed by atoms with van der Waals surface area (Å²) in [5.74, 6) is 0.116. The first kappa shape index (κ1) is 21.9. The third-order valence-corrected chi connectivity index (χ3v) is 8.73. The lowest BCUT2D eigenvalue weighted by molar-refractivity contribution is 0.102. The highest BCUT2D eigenvalue weighted by Crippen LogP contribution is 2.30. The predicted molar refractivity (Wildman–Crippen MR) is 125 cm³/mol. The van der Waals surface area contributed by atoms with Crippen LogP contribution in [0.1, 0.15) is 61.9 Å². The summed E-state index contributed by atoms with van der Waals surface area (Å²) in [6, 6.07) is 12.3. The summed E-state index contributed by atoms with van der Waals surface area (Å²) in [5, 5.41) is 3.36. The third kappa shape index (κ3) is 4.51. The summed E-state index contributed by atoms with van der Waals surface area (Å²) >= 11 is 1.43. The van der Waals surface area contributed by atoms with E-state index in [0.29, 0.717) is 23.2 Å². The van der Waals surface area contributed by atoms with Gasteiger partial charge in [-0.1, -0.05) is 37.7 Å². The molecule has 4 rings (SSSR count). The molecule has 164 valence electrons. The Hall–Kier alpha value is -2.29. The molecule has 6 nitrogen and oxygen atoms in total. The molecule has 0 spiro atoms. The maximum Gasteiger partial charge on any atom is 0.257 e. The van der Waals surface area contributed by atoms with Crippen LogP contribution in [0.5, 0.6) is 0 Å². The van der Waals surface area contributed by atoms with E-state index in [1.165, 1.54) is 29.0 Å².